The number of benzene rings is 2. The normalized spacial score (nSPS) is 10.5. The number of rotatable bonds is 6. The summed E-state index contributed by atoms with van der Waals surface area (Å²) in [6.07, 6.45) is 1.81. The highest BCUT2D eigenvalue weighted by Gasteiger charge is 2.11. The fourth-order valence-corrected chi connectivity index (χ4v) is 2.84. The molecule has 0 aromatic heterocycles. The molecule has 0 radical (unpaired) electrons. The first-order valence-electron chi connectivity index (χ1n) is 8.57. The lowest BCUT2D eigenvalue weighted by atomic mass is 10.0. The van der Waals surface area contributed by atoms with E-state index in [1.165, 1.54) is 27.8 Å². The van der Waals surface area contributed by atoms with Crippen LogP contribution in [0.15, 0.2) is 30.3 Å². The molecule has 0 fully saturated rings. The van der Waals surface area contributed by atoms with Crippen LogP contribution in [0.1, 0.15) is 48.1 Å². The summed E-state index contributed by atoms with van der Waals surface area (Å²) < 4.78 is 6.17. The molecule has 0 aliphatic carbocycles. The zero-order chi connectivity index (χ0) is 17.7. The molecule has 0 aliphatic rings. The lowest BCUT2D eigenvalue weighted by molar-refractivity contribution is 0.303. The number of hydrogen-bond acceptors (Lipinski definition) is 2. The maximum Gasteiger partial charge on any atom is 0.123 e. The van der Waals surface area contributed by atoms with Crippen molar-refractivity contribution < 1.29 is 4.74 Å². The zero-order valence-electron chi connectivity index (χ0n) is 15.3. The summed E-state index contributed by atoms with van der Waals surface area (Å²) >= 11 is 5.35. The van der Waals surface area contributed by atoms with E-state index in [-0.39, 0.29) is 0 Å². The standard InChI is InChI=1S/C21H27NOS/c1-6-17-9-8-10-19(22-21(24)7-2)18(17)13-23-20-12-15(4)14(3)11-16(20)5/h8-12H,6-7,13H2,1-5H3,(H,22,24). The quantitative estimate of drug-likeness (QED) is 0.661. The Hall–Kier alpha value is -1.87. The fourth-order valence-electron chi connectivity index (χ4n) is 2.73. The third-order valence-corrected chi connectivity index (χ3v) is 4.80. The van der Waals surface area contributed by atoms with Crippen LogP contribution in [0, 0.1) is 20.8 Å². The van der Waals surface area contributed by atoms with Gasteiger partial charge in [0.2, 0.25) is 0 Å². The van der Waals surface area contributed by atoms with Crippen molar-refractivity contribution in [2.24, 2.45) is 0 Å². The molecule has 0 atom stereocenters. The van der Waals surface area contributed by atoms with Crippen LogP contribution in [0.25, 0.3) is 0 Å². The third kappa shape index (κ3) is 4.35. The van der Waals surface area contributed by atoms with Crippen LogP contribution in [0.4, 0.5) is 5.69 Å². The molecular formula is C21H27NOS. The largest absolute Gasteiger partial charge is 0.489 e. The molecule has 1 N–H and O–H groups in total. The average molecular weight is 342 g/mol. The van der Waals surface area contributed by atoms with Crippen LogP contribution in [0.5, 0.6) is 5.75 Å². The van der Waals surface area contributed by atoms with E-state index in [0.29, 0.717) is 6.61 Å². The molecule has 2 aromatic rings. The van der Waals surface area contributed by atoms with E-state index in [4.69, 9.17) is 17.0 Å². The Kier molecular flexibility index (Phi) is 6.38. The van der Waals surface area contributed by atoms with E-state index in [1.54, 1.807) is 0 Å². The second-order valence-electron chi connectivity index (χ2n) is 6.19. The first-order chi connectivity index (χ1) is 11.5. The Labute approximate surface area is 151 Å². The van der Waals surface area contributed by atoms with E-state index in [1.807, 2.05) is 0 Å². The van der Waals surface area contributed by atoms with Gasteiger partial charge in [0.15, 0.2) is 0 Å². The fraction of sp³-hybridized carbons (Fsp3) is 0.381. The first-order valence-corrected chi connectivity index (χ1v) is 8.98. The van der Waals surface area contributed by atoms with E-state index >= 15 is 0 Å². The highest BCUT2D eigenvalue weighted by molar-refractivity contribution is 7.80. The molecule has 0 spiro atoms. The minimum Gasteiger partial charge on any atom is -0.489 e. The van der Waals surface area contributed by atoms with Crippen LogP contribution in [0.2, 0.25) is 0 Å². The molecule has 24 heavy (non-hydrogen) atoms. The average Bonchev–Trinajstić information content (AvgIpc) is 2.57. The maximum atomic E-state index is 6.17. The van der Waals surface area contributed by atoms with Crippen molar-refractivity contribution in [3.63, 3.8) is 0 Å². The Bertz CT molecular complexity index is 737. The molecule has 0 aliphatic heterocycles. The second-order valence-corrected chi connectivity index (χ2v) is 6.68. The Balaban J connectivity index is 2.28. The van der Waals surface area contributed by atoms with E-state index in [0.717, 1.165) is 29.3 Å². The molecule has 0 bridgehead atoms. The molecular weight excluding hydrogens is 314 g/mol. The summed E-state index contributed by atoms with van der Waals surface area (Å²) in [4.78, 5) is 0.854. The Morgan fingerprint density at radius 3 is 2.42 bits per heavy atom. The van der Waals surface area contributed by atoms with Gasteiger partial charge in [0.1, 0.15) is 12.4 Å². The molecule has 0 saturated carbocycles. The van der Waals surface area contributed by atoms with Crippen LogP contribution >= 0.6 is 12.2 Å². The Morgan fingerprint density at radius 2 is 1.75 bits per heavy atom. The summed E-state index contributed by atoms with van der Waals surface area (Å²) in [5.41, 5.74) is 7.26. The highest BCUT2D eigenvalue weighted by atomic mass is 32.1. The number of hydrogen-bond donors (Lipinski definition) is 1. The van der Waals surface area contributed by atoms with Crippen molar-refractivity contribution >= 4 is 22.9 Å². The van der Waals surface area contributed by atoms with Gasteiger partial charge < -0.3 is 10.1 Å². The van der Waals surface area contributed by atoms with Gasteiger partial charge in [0.25, 0.3) is 0 Å². The van der Waals surface area contributed by atoms with Gasteiger partial charge in [-0.15, -0.1) is 0 Å². The molecule has 128 valence electrons. The number of aryl methyl sites for hydroxylation is 4. The van der Waals surface area contributed by atoms with Crippen LogP contribution in [-0.2, 0) is 13.0 Å². The lowest BCUT2D eigenvalue weighted by Crippen LogP contribution is -2.12. The van der Waals surface area contributed by atoms with Gasteiger partial charge in [-0.2, -0.15) is 0 Å². The van der Waals surface area contributed by atoms with Crippen molar-refractivity contribution in [2.45, 2.75) is 54.1 Å². The van der Waals surface area contributed by atoms with Gasteiger partial charge in [-0.25, -0.2) is 0 Å². The molecule has 0 saturated heterocycles. The third-order valence-electron chi connectivity index (χ3n) is 4.41. The zero-order valence-corrected chi connectivity index (χ0v) is 16.1. The Morgan fingerprint density at radius 1 is 1.04 bits per heavy atom. The van der Waals surface area contributed by atoms with Gasteiger partial charge in [0, 0.05) is 11.3 Å². The van der Waals surface area contributed by atoms with E-state index in [9.17, 15) is 0 Å². The molecule has 2 rings (SSSR count). The number of nitrogens with one attached hydrogen (secondary N) is 1. The summed E-state index contributed by atoms with van der Waals surface area (Å²) in [5, 5.41) is 3.36. The summed E-state index contributed by atoms with van der Waals surface area (Å²) in [7, 11) is 0. The van der Waals surface area contributed by atoms with Crippen LogP contribution in [0.3, 0.4) is 0 Å². The van der Waals surface area contributed by atoms with Gasteiger partial charge in [-0.3, -0.25) is 0 Å². The van der Waals surface area contributed by atoms with Crippen LogP contribution < -0.4 is 10.1 Å². The topological polar surface area (TPSA) is 21.3 Å². The summed E-state index contributed by atoms with van der Waals surface area (Å²) in [6, 6.07) is 10.6. The van der Waals surface area contributed by atoms with Gasteiger partial charge in [-0.1, -0.05) is 44.3 Å². The lowest BCUT2D eigenvalue weighted by Gasteiger charge is -2.18. The second kappa shape index (κ2) is 8.29. The highest BCUT2D eigenvalue weighted by Crippen LogP contribution is 2.27. The predicted octanol–water partition coefficient (Wildman–Crippen LogP) is 5.90. The predicted molar refractivity (Wildman–Crippen MR) is 107 cm³/mol. The van der Waals surface area contributed by atoms with Gasteiger partial charge in [-0.05, 0) is 68.0 Å². The summed E-state index contributed by atoms with van der Waals surface area (Å²) in [5.74, 6) is 0.952. The van der Waals surface area contributed by atoms with Gasteiger partial charge in [0.05, 0.1) is 4.99 Å². The molecule has 3 heteroatoms. The molecule has 0 unspecified atom stereocenters. The van der Waals surface area contributed by atoms with Crippen molar-refractivity contribution in [3.8, 4) is 5.75 Å². The van der Waals surface area contributed by atoms with Crippen molar-refractivity contribution in [2.75, 3.05) is 5.32 Å². The molecule has 0 heterocycles. The SMILES string of the molecule is CCC(=S)Nc1cccc(CC)c1COc1cc(C)c(C)cc1C. The summed E-state index contributed by atoms with van der Waals surface area (Å²) in [6.45, 7) is 11.1. The van der Waals surface area contributed by atoms with Crippen molar-refractivity contribution in [1.29, 1.82) is 0 Å². The van der Waals surface area contributed by atoms with Crippen molar-refractivity contribution in [3.05, 3.63) is 58.1 Å². The molecule has 2 aromatic carbocycles. The minimum absolute atomic E-state index is 0.544. The first kappa shape index (κ1) is 18.5. The smallest absolute Gasteiger partial charge is 0.123 e. The molecule has 0 amide bonds. The number of ether oxygens (including phenoxy) is 1. The van der Waals surface area contributed by atoms with Crippen LogP contribution in [-0.4, -0.2) is 4.99 Å². The van der Waals surface area contributed by atoms with Crippen molar-refractivity contribution in [1.82, 2.24) is 0 Å². The van der Waals surface area contributed by atoms with E-state index in [2.05, 4.69) is 70.3 Å². The molecule has 2 nitrogen and oxygen atoms in total. The number of anilines is 1. The van der Waals surface area contributed by atoms with Gasteiger partial charge >= 0.3 is 0 Å². The van der Waals surface area contributed by atoms with E-state index < -0.39 is 0 Å². The number of thiocarbonyl (C=S) groups is 1. The monoisotopic (exact) mass is 341 g/mol. The maximum absolute atomic E-state index is 6.17. The minimum atomic E-state index is 0.544.